The molecule has 1 N–H and O–H groups in total. The molecule has 0 spiro atoms. The first-order chi connectivity index (χ1) is 7.79. The largest absolute Gasteiger partial charge is 0.469 e. The fourth-order valence-electron chi connectivity index (χ4n) is 1.78. The van der Waals surface area contributed by atoms with E-state index in [1.165, 1.54) is 5.56 Å². The van der Waals surface area contributed by atoms with Crippen molar-refractivity contribution < 1.29 is 4.42 Å². The zero-order chi connectivity index (χ0) is 11.8. The summed E-state index contributed by atoms with van der Waals surface area (Å²) in [6.07, 6.45) is 4.88. The van der Waals surface area contributed by atoms with Gasteiger partial charge in [0, 0.05) is 18.0 Å². The van der Waals surface area contributed by atoms with Crippen LogP contribution in [0.25, 0.3) is 0 Å². The molecule has 0 aromatic carbocycles. The number of nitrogens with one attached hydrogen (secondary N) is 1. The molecule has 0 bridgehead atoms. The van der Waals surface area contributed by atoms with E-state index in [1.54, 1.807) is 6.26 Å². The zero-order valence-corrected chi connectivity index (χ0v) is 10.5. The maximum absolute atomic E-state index is 5.36. The van der Waals surface area contributed by atoms with Crippen molar-refractivity contribution in [1.82, 2.24) is 5.32 Å². The summed E-state index contributed by atoms with van der Waals surface area (Å²) in [5, 5.41) is 3.54. The SMILES string of the molecule is CC#CCCC(NCCC)c1ccoc1C. The van der Waals surface area contributed by atoms with Gasteiger partial charge in [0.1, 0.15) is 5.76 Å². The zero-order valence-electron chi connectivity index (χ0n) is 10.5. The van der Waals surface area contributed by atoms with E-state index in [0.29, 0.717) is 6.04 Å². The molecule has 0 aliphatic carbocycles. The first-order valence-electron chi connectivity index (χ1n) is 5.96. The van der Waals surface area contributed by atoms with Crippen molar-refractivity contribution in [3.63, 3.8) is 0 Å². The van der Waals surface area contributed by atoms with E-state index in [4.69, 9.17) is 4.42 Å². The Balaban J connectivity index is 2.62. The van der Waals surface area contributed by atoms with Gasteiger partial charge in [0.25, 0.3) is 0 Å². The molecule has 1 aromatic rings. The van der Waals surface area contributed by atoms with Gasteiger partial charge in [-0.25, -0.2) is 0 Å². The predicted octanol–water partition coefficient (Wildman–Crippen LogP) is 3.43. The van der Waals surface area contributed by atoms with E-state index in [2.05, 4.69) is 30.1 Å². The summed E-state index contributed by atoms with van der Waals surface area (Å²) >= 11 is 0. The second-order valence-electron chi connectivity index (χ2n) is 3.90. The van der Waals surface area contributed by atoms with Crippen LogP contribution in [-0.4, -0.2) is 6.54 Å². The van der Waals surface area contributed by atoms with Crippen LogP contribution in [0.2, 0.25) is 0 Å². The van der Waals surface area contributed by atoms with Gasteiger partial charge in [-0.1, -0.05) is 6.92 Å². The fraction of sp³-hybridized carbons (Fsp3) is 0.571. The number of aryl methyl sites for hydroxylation is 1. The molecule has 0 aliphatic heterocycles. The lowest BCUT2D eigenvalue weighted by atomic mass is 10.0. The van der Waals surface area contributed by atoms with Crippen LogP contribution in [0, 0.1) is 18.8 Å². The Kier molecular flexibility index (Phi) is 5.74. The summed E-state index contributed by atoms with van der Waals surface area (Å²) < 4.78 is 5.36. The van der Waals surface area contributed by atoms with E-state index in [-0.39, 0.29) is 0 Å². The maximum Gasteiger partial charge on any atom is 0.105 e. The van der Waals surface area contributed by atoms with Crippen molar-refractivity contribution in [2.45, 2.75) is 46.1 Å². The normalized spacial score (nSPS) is 11.9. The highest BCUT2D eigenvalue weighted by molar-refractivity contribution is 5.20. The molecule has 1 rings (SSSR count). The number of hydrogen-bond acceptors (Lipinski definition) is 2. The highest BCUT2D eigenvalue weighted by atomic mass is 16.3. The highest BCUT2D eigenvalue weighted by Gasteiger charge is 2.13. The van der Waals surface area contributed by atoms with Crippen molar-refractivity contribution in [2.24, 2.45) is 0 Å². The van der Waals surface area contributed by atoms with Gasteiger partial charge in [-0.05, 0) is 39.3 Å². The molecular weight excluding hydrogens is 198 g/mol. The second-order valence-corrected chi connectivity index (χ2v) is 3.90. The van der Waals surface area contributed by atoms with Gasteiger partial charge in [0.2, 0.25) is 0 Å². The van der Waals surface area contributed by atoms with Crippen LogP contribution < -0.4 is 5.32 Å². The average molecular weight is 219 g/mol. The lowest BCUT2D eigenvalue weighted by molar-refractivity contribution is 0.480. The second kappa shape index (κ2) is 7.14. The number of furan rings is 1. The summed E-state index contributed by atoms with van der Waals surface area (Å²) in [4.78, 5) is 0. The first kappa shape index (κ1) is 12.9. The lowest BCUT2D eigenvalue weighted by Crippen LogP contribution is -2.22. The van der Waals surface area contributed by atoms with Crippen LogP contribution in [0.4, 0.5) is 0 Å². The van der Waals surface area contributed by atoms with Crippen LogP contribution in [0.3, 0.4) is 0 Å². The van der Waals surface area contributed by atoms with Crippen molar-refractivity contribution in [3.05, 3.63) is 23.7 Å². The Hall–Kier alpha value is -1.20. The van der Waals surface area contributed by atoms with Crippen molar-refractivity contribution >= 4 is 0 Å². The molecule has 1 unspecified atom stereocenters. The Labute approximate surface area is 98.4 Å². The summed E-state index contributed by atoms with van der Waals surface area (Å²) in [5.41, 5.74) is 1.27. The standard InChI is InChI=1S/C14H21NO/c1-4-6-7-8-14(15-10-5-2)13-9-11-16-12(13)3/h9,11,14-15H,5,7-8,10H2,1-3H3. The molecular formula is C14H21NO. The molecule has 0 saturated heterocycles. The van der Waals surface area contributed by atoms with E-state index in [1.807, 2.05) is 13.8 Å². The average Bonchev–Trinajstić information content (AvgIpc) is 2.70. The third-order valence-corrected chi connectivity index (χ3v) is 2.65. The molecule has 0 aliphatic rings. The highest BCUT2D eigenvalue weighted by Crippen LogP contribution is 2.22. The molecule has 16 heavy (non-hydrogen) atoms. The van der Waals surface area contributed by atoms with Crippen molar-refractivity contribution in [2.75, 3.05) is 6.54 Å². The fourth-order valence-corrected chi connectivity index (χ4v) is 1.78. The van der Waals surface area contributed by atoms with Gasteiger partial charge in [0.15, 0.2) is 0 Å². The summed E-state index contributed by atoms with van der Waals surface area (Å²) in [5.74, 6) is 7.07. The summed E-state index contributed by atoms with van der Waals surface area (Å²) in [6, 6.07) is 2.43. The minimum atomic E-state index is 0.375. The van der Waals surface area contributed by atoms with E-state index in [0.717, 1.165) is 31.6 Å². The third kappa shape index (κ3) is 3.75. The van der Waals surface area contributed by atoms with Crippen molar-refractivity contribution in [1.29, 1.82) is 0 Å². The van der Waals surface area contributed by atoms with Crippen molar-refractivity contribution in [3.8, 4) is 11.8 Å². The number of hydrogen-bond donors (Lipinski definition) is 1. The van der Waals surface area contributed by atoms with Gasteiger partial charge in [-0.15, -0.1) is 11.8 Å². The Bertz CT molecular complexity index is 356. The summed E-state index contributed by atoms with van der Waals surface area (Å²) in [6.45, 7) is 7.12. The van der Waals surface area contributed by atoms with Gasteiger partial charge in [0.05, 0.1) is 6.26 Å². The molecule has 2 nitrogen and oxygen atoms in total. The molecule has 0 fully saturated rings. The molecule has 88 valence electrons. The first-order valence-corrected chi connectivity index (χ1v) is 5.96. The molecule has 0 saturated carbocycles. The Morgan fingerprint density at radius 2 is 2.31 bits per heavy atom. The predicted molar refractivity (Wildman–Crippen MR) is 67.2 cm³/mol. The molecule has 0 radical (unpaired) electrons. The third-order valence-electron chi connectivity index (χ3n) is 2.65. The van der Waals surface area contributed by atoms with E-state index >= 15 is 0 Å². The molecule has 1 heterocycles. The van der Waals surface area contributed by atoms with Crippen LogP contribution in [-0.2, 0) is 0 Å². The maximum atomic E-state index is 5.36. The molecule has 2 heteroatoms. The lowest BCUT2D eigenvalue weighted by Gasteiger charge is -2.16. The van der Waals surface area contributed by atoms with Crippen LogP contribution in [0.5, 0.6) is 0 Å². The molecule has 1 atom stereocenters. The van der Waals surface area contributed by atoms with Gasteiger partial charge in [-0.2, -0.15) is 0 Å². The van der Waals surface area contributed by atoms with Crippen LogP contribution in [0.1, 0.15) is 50.5 Å². The Morgan fingerprint density at radius 3 is 2.88 bits per heavy atom. The smallest absolute Gasteiger partial charge is 0.105 e. The van der Waals surface area contributed by atoms with Crippen LogP contribution in [0.15, 0.2) is 16.7 Å². The monoisotopic (exact) mass is 219 g/mol. The molecule has 0 amide bonds. The van der Waals surface area contributed by atoms with Gasteiger partial charge < -0.3 is 9.73 Å². The topological polar surface area (TPSA) is 25.2 Å². The van der Waals surface area contributed by atoms with E-state index < -0.39 is 0 Å². The Morgan fingerprint density at radius 1 is 1.50 bits per heavy atom. The van der Waals surface area contributed by atoms with E-state index in [9.17, 15) is 0 Å². The summed E-state index contributed by atoms with van der Waals surface area (Å²) in [7, 11) is 0. The van der Waals surface area contributed by atoms with Crippen LogP contribution >= 0.6 is 0 Å². The quantitative estimate of drug-likeness (QED) is 0.741. The molecule has 1 aromatic heterocycles. The minimum Gasteiger partial charge on any atom is -0.469 e. The van der Waals surface area contributed by atoms with Gasteiger partial charge >= 0.3 is 0 Å². The minimum absolute atomic E-state index is 0.375. The van der Waals surface area contributed by atoms with Gasteiger partial charge in [-0.3, -0.25) is 0 Å². The number of rotatable bonds is 6.